The summed E-state index contributed by atoms with van der Waals surface area (Å²) in [6.45, 7) is 1.46. The van der Waals surface area contributed by atoms with E-state index in [-0.39, 0.29) is 5.41 Å². The summed E-state index contributed by atoms with van der Waals surface area (Å²) >= 11 is 0. The molecule has 2 aromatic rings. The van der Waals surface area contributed by atoms with Crippen molar-refractivity contribution in [2.24, 2.45) is 0 Å². The van der Waals surface area contributed by atoms with Gasteiger partial charge in [0.05, 0.1) is 19.8 Å². The molecule has 3 atom stereocenters. The number of ether oxygens (including phenoxy) is 3. The molecular weight excluding hydrogens is 395 g/mol. The predicted molar refractivity (Wildman–Crippen MR) is 131 cm³/mol. The zero-order valence-corrected chi connectivity index (χ0v) is 19.8. The van der Waals surface area contributed by atoms with Crippen molar-refractivity contribution in [2.45, 2.75) is 68.4 Å². The normalized spacial score (nSPS) is 28.8. The van der Waals surface area contributed by atoms with Crippen molar-refractivity contribution in [2.75, 3.05) is 20.8 Å². The molecule has 0 aliphatic heterocycles. The van der Waals surface area contributed by atoms with Crippen LogP contribution in [-0.2, 0) is 27.9 Å². The first-order valence-corrected chi connectivity index (χ1v) is 12.1. The lowest BCUT2D eigenvalue weighted by atomic mass is 9.49. The highest BCUT2D eigenvalue weighted by atomic mass is 16.5. The first kappa shape index (κ1) is 21.8. The van der Waals surface area contributed by atoms with Gasteiger partial charge in [0.15, 0.2) is 0 Å². The molecule has 4 heteroatoms. The summed E-state index contributed by atoms with van der Waals surface area (Å²) in [4.78, 5) is 0. The fourth-order valence-corrected chi connectivity index (χ4v) is 6.75. The summed E-state index contributed by atoms with van der Waals surface area (Å²) in [6.07, 6.45) is 8.36. The first-order valence-electron chi connectivity index (χ1n) is 12.1. The number of benzene rings is 2. The minimum absolute atomic E-state index is 0.0913. The molecule has 0 saturated heterocycles. The van der Waals surface area contributed by atoms with Gasteiger partial charge in [-0.15, -0.1) is 0 Å². The van der Waals surface area contributed by atoms with Gasteiger partial charge >= 0.3 is 0 Å². The molecule has 168 valence electrons. The van der Waals surface area contributed by atoms with Gasteiger partial charge in [-0.2, -0.15) is 0 Å². The van der Waals surface area contributed by atoms with Gasteiger partial charge in [0.2, 0.25) is 0 Å². The number of rotatable bonds is 7. The van der Waals surface area contributed by atoms with Crippen LogP contribution < -0.4 is 4.74 Å². The first-order chi connectivity index (χ1) is 15.6. The molecule has 3 aliphatic rings. The standard InChI is InChI=1S/C28H35BO3/c1-30-22-9-11-24-21(16-22)8-10-25-26-17-23(31-2)18-28(26,29)13-12-27(24,25)14-15-32-19-20-6-4-3-5-7-20/h3-7,9,11,16,23H,8,10,12-15,17-19,29H2,1-2H3/t23-,27+,28+/m0/s1. The zero-order valence-electron chi connectivity index (χ0n) is 19.8. The molecule has 3 aliphatic carbocycles. The van der Waals surface area contributed by atoms with E-state index in [2.05, 4.69) is 56.4 Å². The van der Waals surface area contributed by atoms with Crippen molar-refractivity contribution in [3.05, 3.63) is 76.4 Å². The van der Waals surface area contributed by atoms with Crippen molar-refractivity contribution in [3.8, 4) is 5.75 Å². The summed E-state index contributed by atoms with van der Waals surface area (Å²) in [5.41, 5.74) is 7.70. The fraction of sp³-hybridized carbons (Fsp3) is 0.500. The molecule has 0 N–H and O–H groups in total. The second kappa shape index (κ2) is 8.72. The second-order valence-corrected chi connectivity index (χ2v) is 10.2. The molecule has 0 aromatic heterocycles. The summed E-state index contributed by atoms with van der Waals surface area (Å²) in [6, 6.07) is 17.3. The van der Waals surface area contributed by atoms with E-state index in [4.69, 9.17) is 14.2 Å². The van der Waals surface area contributed by atoms with Crippen molar-refractivity contribution in [1.82, 2.24) is 0 Å². The Bertz CT molecular complexity index is 1000. The van der Waals surface area contributed by atoms with E-state index in [9.17, 15) is 0 Å². The molecule has 0 spiro atoms. The van der Waals surface area contributed by atoms with Gasteiger partial charge in [0, 0.05) is 19.1 Å². The van der Waals surface area contributed by atoms with Crippen LogP contribution in [0.25, 0.3) is 0 Å². The largest absolute Gasteiger partial charge is 0.497 e. The van der Waals surface area contributed by atoms with Crippen LogP contribution in [0.5, 0.6) is 5.75 Å². The molecule has 32 heavy (non-hydrogen) atoms. The summed E-state index contributed by atoms with van der Waals surface area (Å²) in [5.74, 6) is 0.969. The van der Waals surface area contributed by atoms with Crippen LogP contribution in [0.1, 0.15) is 55.2 Å². The van der Waals surface area contributed by atoms with Crippen molar-refractivity contribution in [1.29, 1.82) is 0 Å². The smallest absolute Gasteiger partial charge is 0.119 e. The van der Waals surface area contributed by atoms with Gasteiger partial charge in [-0.25, -0.2) is 0 Å². The average molecular weight is 430 g/mol. The number of methoxy groups -OCH3 is 2. The van der Waals surface area contributed by atoms with Gasteiger partial charge in [-0.05, 0) is 79.1 Å². The lowest BCUT2D eigenvalue weighted by molar-refractivity contribution is 0.0990. The fourth-order valence-electron chi connectivity index (χ4n) is 6.75. The topological polar surface area (TPSA) is 27.7 Å². The Morgan fingerprint density at radius 3 is 2.62 bits per heavy atom. The Kier molecular flexibility index (Phi) is 5.94. The SMILES string of the molecule is B[C@@]12CC[C@]3(CCOCc4ccccc4)C(=C1C[C@H](OC)C2)CCc1cc(OC)ccc13. The Balaban J connectivity index is 1.48. The molecule has 0 amide bonds. The Hall–Kier alpha value is -2.04. The number of allylic oxidation sites excluding steroid dienone is 1. The third-order valence-corrected chi connectivity index (χ3v) is 8.47. The lowest BCUT2D eigenvalue weighted by Gasteiger charge is -2.50. The molecule has 0 bridgehead atoms. The number of aryl methyl sites for hydroxylation is 1. The quantitative estimate of drug-likeness (QED) is 0.344. The van der Waals surface area contributed by atoms with Crippen LogP contribution >= 0.6 is 0 Å². The van der Waals surface area contributed by atoms with Crippen LogP contribution in [0.15, 0.2) is 59.7 Å². The highest BCUT2D eigenvalue weighted by Gasteiger charge is 2.52. The number of hydrogen-bond acceptors (Lipinski definition) is 3. The monoisotopic (exact) mass is 430 g/mol. The molecule has 0 heterocycles. The van der Waals surface area contributed by atoms with E-state index >= 15 is 0 Å². The molecule has 5 rings (SSSR count). The van der Waals surface area contributed by atoms with E-state index < -0.39 is 0 Å². The van der Waals surface area contributed by atoms with Gasteiger partial charge in [-0.1, -0.05) is 47.5 Å². The molecule has 0 radical (unpaired) electrons. The Labute approximate surface area is 193 Å². The summed E-state index contributed by atoms with van der Waals surface area (Å²) in [5, 5.41) is 0.300. The van der Waals surface area contributed by atoms with Crippen molar-refractivity contribution in [3.63, 3.8) is 0 Å². The summed E-state index contributed by atoms with van der Waals surface area (Å²) in [7, 11) is 6.12. The van der Waals surface area contributed by atoms with Crippen molar-refractivity contribution >= 4 is 7.85 Å². The number of hydrogen-bond donors (Lipinski definition) is 0. The highest BCUT2D eigenvalue weighted by molar-refractivity contribution is 6.18. The zero-order chi connectivity index (χ0) is 22.2. The Morgan fingerprint density at radius 1 is 1.00 bits per heavy atom. The number of fused-ring (bicyclic) bond motifs is 4. The van der Waals surface area contributed by atoms with Gasteiger partial charge in [-0.3, -0.25) is 0 Å². The molecule has 1 fully saturated rings. The molecule has 1 saturated carbocycles. The van der Waals surface area contributed by atoms with Gasteiger partial charge in [0.25, 0.3) is 0 Å². The van der Waals surface area contributed by atoms with E-state index in [1.807, 2.05) is 7.11 Å². The lowest BCUT2D eigenvalue weighted by Crippen LogP contribution is -2.40. The molecule has 3 nitrogen and oxygen atoms in total. The summed E-state index contributed by atoms with van der Waals surface area (Å²) < 4.78 is 17.6. The van der Waals surface area contributed by atoms with Crippen LogP contribution in [0, 0.1) is 0 Å². The molecular formula is C28H35BO3. The second-order valence-electron chi connectivity index (χ2n) is 10.2. The van der Waals surface area contributed by atoms with Gasteiger partial charge < -0.3 is 14.2 Å². The molecule has 2 aromatic carbocycles. The third kappa shape index (κ3) is 3.72. The third-order valence-electron chi connectivity index (χ3n) is 8.47. The minimum Gasteiger partial charge on any atom is -0.497 e. The van der Waals surface area contributed by atoms with E-state index in [1.165, 1.54) is 36.0 Å². The highest BCUT2D eigenvalue weighted by Crippen LogP contribution is 2.63. The van der Waals surface area contributed by atoms with Crippen LogP contribution in [0.3, 0.4) is 0 Å². The maximum Gasteiger partial charge on any atom is 0.119 e. The van der Waals surface area contributed by atoms with Crippen LogP contribution in [-0.4, -0.2) is 34.8 Å². The van der Waals surface area contributed by atoms with E-state index in [0.29, 0.717) is 18.0 Å². The van der Waals surface area contributed by atoms with E-state index in [1.54, 1.807) is 18.3 Å². The minimum atomic E-state index is 0.0913. The average Bonchev–Trinajstić information content (AvgIpc) is 3.19. The van der Waals surface area contributed by atoms with Crippen molar-refractivity contribution < 1.29 is 14.2 Å². The van der Waals surface area contributed by atoms with Crippen LogP contribution in [0.4, 0.5) is 0 Å². The Morgan fingerprint density at radius 2 is 1.84 bits per heavy atom. The maximum atomic E-state index is 6.23. The predicted octanol–water partition coefficient (Wildman–Crippen LogP) is 5.18. The molecule has 0 unspecified atom stereocenters. The van der Waals surface area contributed by atoms with Gasteiger partial charge in [0.1, 0.15) is 13.6 Å². The maximum absolute atomic E-state index is 6.23. The van der Waals surface area contributed by atoms with Crippen LogP contribution in [0.2, 0.25) is 5.31 Å². The van der Waals surface area contributed by atoms with E-state index in [0.717, 1.165) is 38.0 Å².